The average Bonchev–Trinajstić information content (AvgIpc) is 3.09. The van der Waals surface area contributed by atoms with E-state index in [4.69, 9.17) is 15.7 Å². The normalized spacial score (nSPS) is 14.2. The van der Waals surface area contributed by atoms with Crippen LogP contribution in [0.25, 0.3) is 10.9 Å². The van der Waals surface area contributed by atoms with Crippen molar-refractivity contribution < 1.29 is 22.3 Å². The molecule has 1 unspecified atom stereocenters. The van der Waals surface area contributed by atoms with Gasteiger partial charge in [-0.1, -0.05) is 13.8 Å². The Morgan fingerprint density at radius 3 is 2.41 bits per heavy atom. The number of fused-ring (bicyclic) bond motifs is 1. The third-order valence-electron chi connectivity index (χ3n) is 5.85. The topological polar surface area (TPSA) is 74.8 Å². The summed E-state index contributed by atoms with van der Waals surface area (Å²) < 4.78 is 62.0. The van der Waals surface area contributed by atoms with E-state index < -0.39 is 35.8 Å². The molecule has 1 heterocycles. The first-order valence-electron chi connectivity index (χ1n) is 10.0. The zero-order valence-electron chi connectivity index (χ0n) is 18.3. The molecule has 1 atom stereocenters. The fourth-order valence-electron chi connectivity index (χ4n) is 4.33. The van der Waals surface area contributed by atoms with Crippen LogP contribution in [0.2, 0.25) is 0 Å². The van der Waals surface area contributed by atoms with Crippen LogP contribution in [0.1, 0.15) is 42.7 Å². The summed E-state index contributed by atoms with van der Waals surface area (Å²) in [6.45, 7) is 4.97. The Morgan fingerprint density at radius 1 is 1.12 bits per heavy atom. The molecule has 1 aromatic heterocycles. The van der Waals surface area contributed by atoms with Crippen molar-refractivity contribution in [3.8, 4) is 11.8 Å². The minimum absolute atomic E-state index is 0.297. The lowest BCUT2D eigenvalue weighted by atomic mass is 9.72. The maximum atomic E-state index is 14.3. The van der Waals surface area contributed by atoms with Crippen molar-refractivity contribution in [2.24, 2.45) is 5.73 Å². The number of nitrogens with two attached hydrogens (primary N) is 1. The van der Waals surface area contributed by atoms with Crippen molar-refractivity contribution in [3.63, 3.8) is 0 Å². The molecule has 0 bridgehead atoms. The molecule has 32 heavy (non-hydrogen) atoms. The zero-order chi connectivity index (χ0) is 23.9. The van der Waals surface area contributed by atoms with Crippen molar-refractivity contribution in [1.82, 2.24) is 4.98 Å². The maximum Gasteiger partial charge on any atom is 0.406 e. The fraction of sp³-hybridized carbons (Fsp3) is 0.375. The molecule has 0 spiro atoms. The third-order valence-corrected chi connectivity index (χ3v) is 5.85. The van der Waals surface area contributed by atoms with Gasteiger partial charge in [0.15, 0.2) is 0 Å². The molecule has 8 heteroatoms. The number of rotatable bonds is 6. The van der Waals surface area contributed by atoms with Crippen LogP contribution in [-0.2, 0) is 11.8 Å². The smallest absolute Gasteiger partial charge is 0.406 e. The number of hydrogen-bond acceptors (Lipinski definition) is 3. The molecule has 0 aliphatic heterocycles. The van der Waals surface area contributed by atoms with Crippen molar-refractivity contribution in [3.05, 3.63) is 64.6 Å². The molecular formula is C24H25F4N3O. The van der Waals surface area contributed by atoms with E-state index in [1.54, 1.807) is 39.0 Å². The Labute approximate surface area is 184 Å². The van der Waals surface area contributed by atoms with Gasteiger partial charge < -0.3 is 15.5 Å². The fourth-order valence-corrected chi connectivity index (χ4v) is 4.33. The van der Waals surface area contributed by atoms with E-state index in [9.17, 15) is 17.6 Å². The van der Waals surface area contributed by atoms with Crippen LogP contribution in [0, 0.1) is 24.1 Å². The molecule has 0 amide bonds. The number of H-pyrrole nitrogens is 1. The monoisotopic (exact) mass is 447 g/mol. The molecule has 0 aliphatic rings. The highest BCUT2D eigenvalue weighted by molar-refractivity contribution is 5.85. The van der Waals surface area contributed by atoms with E-state index in [1.807, 2.05) is 6.07 Å². The highest BCUT2D eigenvalue weighted by Gasteiger charge is 2.54. The molecule has 4 nitrogen and oxygen atoms in total. The van der Waals surface area contributed by atoms with Gasteiger partial charge in [0, 0.05) is 28.6 Å². The van der Waals surface area contributed by atoms with Gasteiger partial charge in [-0.25, -0.2) is 4.39 Å². The van der Waals surface area contributed by atoms with Gasteiger partial charge in [-0.2, -0.15) is 18.4 Å². The SMILES string of the molecule is COc1ccc(F)cc1C(C)(C)CC(N)(Cc1cc2c(C)cc(C#N)cc2[nH]1)C(F)(F)F. The van der Waals surface area contributed by atoms with Gasteiger partial charge in [0.05, 0.1) is 18.7 Å². The molecule has 0 fully saturated rings. The van der Waals surface area contributed by atoms with Crippen LogP contribution in [0.15, 0.2) is 36.4 Å². The molecule has 170 valence electrons. The highest BCUT2D eigenvalue weighted by atomic mass is 19.4. The average molecular weight is 447 g/mol. The number of aryl methyl sites for hydroxylation is 1. The summed E-state index contributed by atoms with van der Waals surface area (Å²) in [6.07, 6.45) is -5.73. The summed E-state index contributed by atoms with van der Waals surface area (Å²) in [5, 5.41) is 9.88. The zero-order valence-corrected chi connectivity index (χ0v) is 18.3. The van der Waals surface area contributed by atoms with Gasteiger partial charge >= 0.3 is 6.18 Å². The molecule has 0 saturated heterocycles. The van der Waals surface area contributed by atoms with Crippen LogP contribution < -0.4 is 10.5 Å². The van der Waals surface area contributed by atoms with Gasteiger partial charge in [0.1, 0.15) is 17.1 Å². The molecule has 0 saturated carbocycles. The molecule has 0 radical (unpaired) electrons. The van der Waals surface area contributed by atoms with E-state index in [0.29, 0.717) is 28.1 Å². The third kappa shape index (κ3) is 4.44. The minimum atomic E-state index is -4.73. The van der Waals surface area contributed by atoms with E-state index in [-0.39, 0.29) is 0 Å². The number of nitrogens with one attached hydrogen (secondary N) is 1. The predicted octanol–water partition coefficient (Wildman–Crippen LogP) is 5.67. The van der Waals surface area contributed by atoms with Crippen molar-refractivity contribution in [2.45, 2.75) is 50.7 Å². The van der Waals surface area contributed by atoms with Crippen LogP contribution in [0.4, 0.5) is 17.6 Å². The van der Waals surface area contributed by atoms with E-state index in [1.165, 1.54) is 25.3 Å². The first-order chi connectivity index (χ1) is 14.8. The van der Waals surface area contributed by atoms with Gasteiger partial charge in [-0.3, -0.25) is 0 Å². The van der Waals surface area contributed by atoms with Gasteiger partial charge in [-0.15, -0.1) is 0 Å². The lowest BCUT2D eigenvalue weighted by Gasteiger charge is -2.39. The first kappa shape index (κ1) is 23.6. The van der Waals surface area contributed by atoms with Crippen LogP contribution in [0.3, 0.4) is 0 Å². The number of aromatic nitrogens is 1. The van der Waals surface area contributed by atoms with Crippen molar-refractivity contribution in [1.29, 1.82) is 5.26 Å². The van der Waals surface area contributed by atoms with E-state index in [2.05, 4.69) is 4.98 Å². The lowest BCUT2D eigenvalue weighted by molar-refractivity contribution is -0.191. The van der Waals surface area contributed by atoms with E-state index in [0.717, 1.165) is 10.9 Å². The lowest BCUT2D eigenvalue weighted by Crippen LogP contribution is -2.58. The van der Waals surface area contributed by atoms with Crippen molar-refractivity contribution in [2.75, 3.05) is 7.11 Å². The summed E-state index contributed by atoms with van der Waals surface area (Å²) in [5.41, 5.74) is 4.69. The number of nitrogens with zero attached hydrogens (tertiary/aromatic N) is 1. The Kier molecular flexibility index (Phi) is 6.00. The largest absolute Gasteiger partial charge is 0.496 e. The Hall–Kier alpha value is -3.05. The molecular weight excluding hydrogens is 422 g/mol. The summed E-state index contributed by atoms with van der Waals surface area (Å²) in [5.74, 6) is -0.269. The predicted molar refractivity (Wildman–Crippen MR) is 115 cm³/mol. The number of methoxy groups -OCH3 is 1. The molecule has 3 N–H and O–H groups in total. The Morgan fingerprint density at radius 2 is 1.81 bits per heavy atom. The summed E-state index contributed by atoms with van der Waals surface area (Å²) in [6, 6.07) is 10.7. The molecule has 3 aromatic rings. The Balaban J connectivity index is 2.03. The second-order valence-corrected chi connectivity index (χ2v) is 8.90. The summed E-state index contributed by atoms with van der Waals surface area (Å²) in [7, 11) is 1.38. The minimum Gasteiger partial charge on any atom is -0.496 e. The van der Waals surface area contributed by atoms with Gasteiger partial charge in [0.25, 0.3) is 0 Å². The first-order valence-corrected chi connectivity index (χ1v) is 10.0. The molecule has 2 aromatic carbocycles. The summed E-state index contributed by atoms with van der Waals surface area (Å²) >= 11 is 0. The second-order valence-electron chi connectivity index (χ2n) is 8.90. The number of nitriles is 1. The van der Waals surface area contributed by atoms with Crippen molar-refractivity contribution >= 4 is 10.9 Å². The number of aromatic amines is 1. The maximum absolute atomic E-state index is 14.3. The standard InChI is InChI=1S/C24H25F4N3O/c1-14-7-15(12-29)8-20-18(14)10-17(31-20)11-23(30,24(26,27)28)13-22(2,3)19-9-16(25)5-6-21(19)32-4/h5-10,31H,11,13,30H2,1-4H3. The number of alkyl halides is 3. The number of benzene rings is 2. The van der Waals surface area contributed by atoms with Gasteiger partial charge in [-0.05, 0) is 60.7 Å². The number of hydrogen-bond donors (Lipinski definition) is 2. The van der Waals surface area contributed by atoms with Crippen LogP contribution >= 0.6 is 0 Å². The van der Waals surface area contributed by atoms with Gasteiger partial charge in [0.2, 0.25) is 0 Å². The van der Waals surface area contributed by atoms with E-state index >= 15 is 0 Å². The molecule has 0 aliphatic carbocycles. The number of halogens is 4. The summed E-state index contributed by atoms with van der Waals surface area (Å²) in [4.78, 5) is 2.98. The Bertz CT molecular complexity index is 1190. The molecule has 3 rings (SSSR count). The van der Waals surface area contributed by atoms with Crippen LogP contribution in [0.5, 0.6) is 5.75 Å². The quantitative estimate of drug-likeness (QED) is 0.479. The van der Waals surface area contributed by atoms with Crippen LogP contribution in [-0.4, -0.2) is 23.8 Å². The highest BCUT2D eigenvalue weighted by Crippen LogP contribution is 2.44. The number of ether oxygens (including phenoxy) is 1. The second kappa shape index (κ2) is 8.14.